The SMILES string of the molecule is C#C/C(=C\C=C(/C)CCc1c(Cl)cccc1Cl)CCCC(C)C.CN. The Hall–Kier alpha value is -1.20. The van der Waals surface area contributed by atoms with Crippen LogP contribution < -0.4 is 5.73 Å². The van der Waals surface area contributed by atoms with Crippen LogP contribution in [-0.4, -0.2) is 7.05 Å². The van der Waals surface area contributed by atoms with Crippen molar-refractivity contribution in [2.24, 2.45) is 11.7 Å². The molecule has 25 heavy (non-hydrogen) atoms. The van der Waals surface area contributed by atoms with E-state index < -0.39 is 0 Å². The van der Waals surface area contributed by atoms with Crippen LogP contribution in [0.5, 0.6) is 0 Å². The van der Waals surface area contributed by atoms with E-state index in [9.17, 15) is 0 Å². The van der Waals surface area contributed by atoms with Crippen molar-refractivity contribution in [2.75, 3.05) is 7.05 Å². The Morgan fingerprint density at radius 2 is 1.76 bits per heavy atom. The van der Waals surface area contributed by atoms with Crippen molar-refractivity contribution >= 4 is 23.2 Å². The molecule has 1 rings (SSSR count). The summed E-state index contributed by atoms with van der Waals surface area (Å²) < 4.78 is 0. The highest BCUT2D eigenvalue weighted by molar-refractivity contribution is 6.35. The zero-order valence-corrected chi connectivity index (χ0v) is 17.4. The van der Waals surface area contributed by atoms with Crippen molar-refractivity contribution in [3.8, 4) is 12.3 Å². The molecule has 0 heterocycles. The molecule has 0 aliphatic heterocycles. The molecule has 0 spiro atoms. The molecule has 0 saturated carbocycles. The first-order valence-electron chi connectivity index (χ1n) is 8.77. The second-order valence-corrected chi connectivity index (χ2v) is 7.15. The van der Waals surface area contributed by atoms with E-state index in [1.54, 1.807) is 0 Å². The van der Waals surface area contributed by atoms with E-state index in [0.717, 1.165) is 52.8 Å². The van der Waals surface area contributed by atoms with E-state index in [2.05, 4.69) is 44.6 Å². The third-order valence-electron chi connectivity index (χ3n) is 3.81. The minimum Gasteiger partial charge on any atom is -0.333 e. The Morgan fingerprint density at radius 1 is 1.16 bits per heavy atom. The van der Waals surface area contributed by atoms with Gasteiger partial charge >= 0.3 is 0 Å². The lowest BCUT2D eigenvalue weighted by atomic mass is 10.0. The fraction of sp³-hybridized carbons (Fsp3) is 0.455. The molecule has 2 N–H and O–H groups in total. The van der Waals surface area contributed by atoms with Gasteiger partial charge in [-0.25, -0.2) is 0 Å². The highest BCUT2D eigenvalue weighted by atomic mass is 35.5. The molecule has 0 unspecified atom stereocenters. The first-order valence-corrected chi connectivity index (χ1v) is 9.53. The normalized spacial score (nSPS) is 11.8. The van der Waals surface area contributed by atoms with Crippen LogP contribution in [0.3, 0.4) is 0 Å². The Morgan fingerprint density at radius 3 is 2.28 bits per heavy atom. The van der Waals surface area contributed by atoms with Crippen molar-refractivity contribution in [1.29, 1.82) is 0 Å². The van der Waals surface area contributed by atoms with Crippen LogP contribution in [0.2, 0.25) is 10.0 Å². The summed E-state index contributed by atoms with van der Waals surface area (Å²) in [6, 6.07) is 5.63. The number of nitrogens with two attached hydrogens (primary N) is 1. The van der Waals surface area contributed by atoms with E-state index in [1.165, 1.54) is 19.0 Å². The lowest BCUT2D eigenvalue weighted by molar-refractivity contribution is 0.557. The van der Waals surface area contributed by atoms with E-state index >= 15 is 0 Å². The molecule has 0 saturated heterocycles. The lowest BCUT2D eigenvalue weighted by Crippen LogP contribution is -1.90. The quantitative estimate of drug-likeness (QED) is 0.388. The minimum absolute atomic E-state index is 0.728. The third kappa shape index (κ3) is 10.4. The van der Waals surface area contributed by atoms with Gasteiger partial charge in [-0.15, -0.1) is 6.42 Å². The van der Waals surface area contributed by atoms with Crippen molar-refractivity contribution in [2.45, 2.75) is 52.9 Å². The number of halogens is 2. The summed E-state index contributed by atoms with van der Waals surface area (Å²) >= 11 is 12.4. The molecule has 0 fully saturated rings. The molecule has 0 radical (unpaired) electrons. The topological polar surface area (TPSA) is 26.0 Å². The zero-order valence-electron chi connectivity index (χ0n) is 15.9. The van der Waals surface area contributed by atoms with Crippen LogP contribution in [0, 0.1) is 18.3 Å². The molecular weight excluding hydrogens is 349 g/mol. The van der Waals surface area contributed by atoms with Crippen LogP contribution in [0.15, 0.2) is 41.5 Å². The van der Waals surface area contributed by atoms with Crippen molar-refractivity contribution in [3.63, 3.8) is 0 Å². The first kappa shape index (κ1) is 23.8. The Bertz CT molecular complexity index is 587. The highest BCUT2D eigenvalue weighted by Gasteiger charge is 2.05. The molecule has 0 atom stereocenters. The summed E-state index contributed by atoms with van der Waals surface area (Å²) in [4.78, 5) is 0. The van der Waals surface area contributed by atoms with Gasteiger partial charge in [0.25, 0.3) is 0 Å². The summed E-state index contributed by atoms with van der Waals surface area (Å²) in [5.41, 5.74) is 7.86. The maximum atomic E-state index is 6.20. The fourth-order valence-electron chi connectivity index (χ4n) is 2.32. The van der Waals surface area contributed by atoms with Gasteiger partial charge in [-0.05, 0) is 63.3 Å². The van der Waals surface area contributed by atoms with E-state index in [-0.39, 0.29) is 0 Å². The zero-order chi connectivity index (χ0) is 19.2. The van der Waals surface area contributed by atoms with Gasteiger partial charge in [0.05, 0.1) is 0 Å². The molecule has 0 aliphatic carbocycles. The standard InChI is InChI=1S/C21H26Cl2.CH5N/c1-5-18(9-6-8-16(2)3)14-12-17(4)13-15-19-20(22)10-7-11-21(19)23;1-2/h1,7,10-12,14,16H,6,8-9,13,15H2,2-4H3;2H2,1H3/b17-12+,18-14+;. The smallest absolute Gasteiger partial charge is 0.0452 e. The molecule has 138 valence electrons. The Kier molecular flexibility index (Phi) is 13.3. The van der Waals surface area contributed by atoms with E-state index in [4.69, 9.17) is 29.6 Å². The third-order valence-corrected chi connectivity index (χ3v) is 4.52. The molecule has 0 aromatic heterocycles. The highest BCUT2D eigenvalue weighted by Crippen LogP contribution is 2.26. The van der Waals surface area contributed by atoms with Gasteiger partial charge in [0.15, 0.2) is 0 Å². The number of benzene rings is 1. The number of hydrogen-bond donors (Lipinski definition) is 1. The molecule has 1 aromatic rings. The predicted molar refractivity (Wildman–Crippen MR) is 114 cm³/mol. The summed E-state index contributed by atoms with van der Waals surface area (Å²) in [7, 11) is 1.50. The molecule has 1 nitrogen and oxygen atoms in total. The summed E-state index contributed by atoms with van der Waals surface area (Å²) in [6.45, 7) is 6.59. The Balaban J connectivity index is 0.00000277. The summed E-state index contributed by atoms with van der Waals surface area (Å²) in [5.74, 6) is 3.53. The average Bonchev–Trinajstić information content (AvgIpc) is 2.59. The number of terminal acetylenes is 1. The van der Waals surface area contributed by atoms with Gasteiger partial charge in [-0.2, -0.15) is 0 Å². The molecule has 1 aromatic carbocycles. The molecule has 0 aliphatic rings. The maximum Gasteiger partial charge on any atom is 0.0452 e. The fourth-order valence-corrected chi connectivity index (χ4v) is 2.91. The van der Waals surface area contributed by atoms with Gasteiger partial charge in [-0.3, -0.25) is 0 Å². The van der Waals surface area contributed by atoms with Gasteiger partial charge < -0.3 is 5.73 Å². The predicted octanol–water partition coefficient (Wildman–Crippen LogP) is 6.83. The molecular formula is C22H31Cl2N. The van der Waals surface area contributed by atoms with Gasteiger partial charge in [0, 0.05) is 15.6 Å². The van der Waals surface area contributed by atoms with Crippen LogP contribution >= 0.6 is 23.2 Å². The number of allylic oxidation sites excluding steroid dienone is 4. The summed E-state index contributed by atoms with van der Waals surface area (Å²) in [5, 5.41) is 1.47. The van der Waals surface area contributed by atoms with Crippen molar-refractivity contribution in [1.82, 2.24) is 0 Å². The van der Waals surface area contributed by atoms with Gasteiger partial charge in [-0.1, -0.05) is 73.2 Å². The Labute approximate surface area is 164 Å². The minimum atomic E-state index is 0.728. The number of hydrogen-bond acceptors (Lipinski definition) is 1. The molecule has 0 bridgehead atoms. The molecule has 0 amide bonds. The largest absolute Gasteiger partial charge is 0.333 e. The maximum absolute atomic E-state index is 6.20. The van der Waals surface area contributed by atoms with Crippen LogP contribution in [0.25, 0.3) is 0 Å². The van der Waals surface area contributed by atoms with Crippen LogP contribution in [0.1, 0.15) is 52.0 Å². The number of rotatable bonds is 8. The van der Waals surface area contributed by atoms with Crippen molar-refractivity contribution in [3.05, 3.63) is 57.1 Å². The average molecular weight is 380 g/mol. The summed E-state index contributed by atoms with van der Waals surface area (Å²) in [6.07, 6.45) is 14.9. The van der Waals surface area contributed by atoms with E-state index in [0.29, 0.717) is 0 Å². The van der Waals surface area contributed by atoms with Gasteiger partial charge in [0.1, 0.15) is 0 Å². The van der Waals surface area contributed by atoms with Crippen molar-refractivity contribution < 1.29 is 0 Å². The van der Waals surface area contributed by atoms with Crippen LogP contribution in [-0.2, 0) is 6.42 Å². The molecule has 3 heteroatoms. The lowest BCUT2D eigenvalue weighted by Gasteiger charge is -2.07. The van der Waals surface area contributed by atoms with Crippen LogP contribution in [0.4, 0.5) is 0 Å². The second-order valence-electron chi connectivity index (χ2n) is 6.34. The van der Waals surface area contributed by atoms with E-state index in [1.807, 2.05) is 18.2 Å². The monoisotopic (exact) mass is 379 g/mol. The van der Waals surface area contributed by atoms with Gasteiger partial charge in [0.2, 0.25) is 0 Å². The first-order chi connectivity index (χ1) is 11.9. The second kappa shape index (κ2) is 14.0.